The van der Waals surface area contributed by atoms with Crippen molar-refractivity contribution < 1.29 is 15.3 Å². The van der Waals surface area contributed by atoms with E-state index in [0.29, 0.717) is 30.6 Å². The summed E-state index contributed by atoms with van der Waals surface area (Å²) in [6, 6.07) is 0. The molecule has 4 rings (SSSR count). The number of allylic oxidation sites excluding steroid dienone is 5. The zero-order chi connectivity index (χ0) is 25.2. The van der Waals surface area contributed by atoms with Gasteiger partial charge in [0.2, 0.25) is 0 Å². The van der Waals surface area contributed by atoms with Crippen molar-refractivity contribution >= 4 is 0 Å². The number of rotatable bonds is 8. The van der Waals surface area contributed by atoms with Crippen LogP contribution in [0.2, 0.25) is 0 Å². The molecule has 0 saturated heterocycles. The SMILES string of the molecule is C=C1C(=CC=C2CCC[C@]3(C)[C@@H]([C@H](C)C=C[C@H](O)C4(C=CCCC)CC4)CC[C@@H]23)C[C@@H](O)C[C@@H]1O. The Morgan fingerprint density at radius 3 is 2.60 bits per heavy atom. The molecule has 0 radical (unpaired) electrons. The number of unbranched alkanes of at least 4 members (excludes halogenated alkanes) is 1. The van der Waals surface area contributed by atoms with Crippen LogP contribution in [0.25, 0.3) is 0 Å². The number of aliphatic hydroxyl groups is 3. The van der Waals surface area contributed by atoms with Crippen molar-refractivity contribution in [1.82, 2.24) is 0 Å². The first-order chi connectivity index (χ1) is 16.7. The van der Waals surface area contributed by atoms with Crippen LogP contribution < -0.4 is 0 Å². The summed E-state index contributed by atoms with van der Waals surface area (Å²) < 4.78 is 0. The highest BCUT2D eigenvalue weighted by atomic mass is 16.3. The number of hydrogen-bond acceptors (Lipinski definition) is 3. The van der Waals surface area contributed by atoms with E-state index in [1.807, 2.05) is 0 Å². The standard InChI is InChI=1S/C32H48O3/c1-5-6-7-17-32(18-19-32)30(35)15-10-22(2)27-13-14-28-24(9-8-16-31(27,28)4)11-12-25-20-26(33)21-29(34)23(25)3/h7,10-12,15,17,22,26-30,33-35H,3,5-6,8-9,13-14,16,18-21H2,1-2,4H3/t22-,26-,27-,28+,29+,30+,31-/m1/s1. The van der Waals surface area contributed by atoms with Gasteiger partial charge in [-0.05, 0) is 92.1 Å². The van der Waals surface area contributed by atoms with Crippen LogP contribution in [-0.4, -0.2) is 33.6 Å². The van der Waals surface area contributed by atoms with Gasteiger partial charge in [-0.3, -0.25) is 0 Å². The van der Waals surface area contributed by atoms with Gasteiger partial charge in [-0.25, -0.2) is 0 Å². The maximum Gasteiger partial charge on any atom is 0.0811 e. The fourth-order valence-corrected chi connectivity index (χ4v) is 7.40. The van der Waals surface area contributed by atoms with Crippen LogP contribution in [0.15, 0.2) is 59.8 Å². The quantitative estimate of drug-likeness (QED) is 0.334. The minimum atomic E-state index is -0.629. The maximum atomic E-state index is 10.9. The second kappa shape index (κ2) is 10.9. The third-order valence-electron chi connectivity index (χ3n) is 9.86. The molecule has 4 saturated carbocycles. The summed E-state index contributed by atoms with van der Waals surface area (Å²) in [5, 5.41) is 31.2. The van der Waals surface area contributed by atoms with Crippen molar-refractivity contribution in [2.24, 2.45) is 28.6 Å². The molecule has 0 spiro atoms. The average molecular weight is 481 g/mol. The van der Waals surface area contributed by atoms with Crippen LogP contribution >= 0.6 is 0 Å². The number of hydrogen-bond donors (Lipinski definition) is 3. The molecule has 3 heteroatoms. The normalized spacial score (nSPS) is 39.0. The summed E-state index contributed by atoms with van der Waals surface area (Å²) in [5.74, 6) is 1.68. The Morgan fingerprint density at radius 1 is 1.11 bits per heavy atom. The third kappa shape index (κ3) is 5.63. The Kier molecular flexibility index (Phi) is 8.30. The van der Waals surface area contributed by atoms with Gasteiger partial charge in [-0.1, -0.05) is 75.8 Å². The molecule has 0 aromatic rings. The molecule has 194 valence electrons. The smallest absolute Gasteiger partial charge is 0.0811 e. The predicted octanol–water partition coefficient (Wildman–Crippen LogP) is 6.82. The minimum Gasteiger partial charge on any atom is -0.393 e. The molecule has 35 heavy (non-hydrogen) atoms. The van der Waals surface area contributed by atoms with Crippen molar-refractivity contribution in [3.63, 3.8) is 0 Å². The average Bonchev–Trinajstić information content (AvgIpc) is 3.53. The van der Waals surface area contributed by atoms with E-state index in [1.165, 1.54) is 31.3 Å². The molecule has 0 aromatic carbocycles. The lowest BCUT2D eigenvalue weighted by atomic mass is 9.61. The summed E-state index contributed by atoms with van der Waals surface area (Å²) in [6.45, 7) is 11.1. The van der Waals surface area contributed by atoms with Crippen molar-refractivity contribution in [2.45, 2.75) is 110 Å². The first-order valence-corrected chi connectivity index (χ1v) is 14.2. The largest absolute Gasteiger partial charge is 0.393 e. The van der Waals surface area contributed by atoms with Gasteiger partial charge in [0.15, 0.2) is 0 Å². The Labute approximate surface area is 213 Å². The van der Waals surface area contributed by atoms with Crippen molar-refractivity contribution in [2.75, 3.05) is 0 Å². The molecule has 0 amide bonds. The first kappa shape index (κ1) is 26.6. The lowest BCUT2D eigenvalue weighted by Gasteiger charge is -2.44. The van der Waals surface area contributed by atoms with Crippen LogP contribution in [0.5, 0.6) is 0 Å². The lowest BCUT2D eigenvalue weighted by Crippen LogP contribution is -2.35. The van der Waals surface area contributed by atoms with Crippen LogP contribution in [0, 0.1) is 28.6 Å². The summed E-state index contributed by atoms with van der Waals surface area (Å²) in [7, 11) is 0. The monoisotopic (exact) mass is 480 g/mol. The topological polar surface area (TPSA) is 60.7 Å². The van der Waals surface area contributed by atoms with Crippen LogP contribution in [0.4, 0.5) is 0 Å². The predicted molar refractivity (Wildman–Crippen MR) is 145 cm³/mol. The summed E-state index contributed by atoms with van der Waals surface area (Å²) in [4.78, 5) is 0. The van der Waals surface area contributed by atoms with E-state index in [0.717, 1.165) is 43.3 Å². The molecule has 0 unspecified atom stereocenters. The van der Waals surface area contributed by atoms with E-state index in [-0.39, 0.29) is 16.9 Å². The highest BCUT2D eigenvalue weighted by Gasteiger charge is 2.50. The highest BCUT2D eigenvalue weighted by molar-refractivity contribution is 5.38. The number of fused-ring (bicyclic) bond motifs is 1. The first-order valence-electron chi connectivity index (χ1n) is 14.2. The van der Waals surface area contributed by atoms with Crippen LogP contribution in [0.1, 0.15) is 91.4 Å². The molecule has 0 bridgehead atoms. The van der Waals surface area contributed by atoms with E-state index < -0.39 is 12.2 Å². The molecule has 7 atom stereocenters. The summed E-state index contributed by atoms with van der Waals surface area (Å²) in [5.41, 5.74) is 3.58. The van der Waals surface area contributed by atoms with Gasteiger partial charge in [0.05, 0.1) is 18.3 Å². The zero-order valence-corrected chi connectivity index (χ0v) is 22.3. The maximum absolute atomic E-state index is 10.9. The van der Waals surface area contributed by atoms with E-state index >= 15 is 0 Å². The van der Waals surface area contributed by atoms with Gasteiger partial charge in [-0.15, -0.1) is 0 Å². The van der Waals surface area contributed by atoms with Crippen molar-refractivity contribution in [1.29, 1.82) is 0 Å². The van der Waals surface area contributed by atoms with Gasteiger partial charge < -0.3 is 15.3 Å². The fourth-order valence-electron chi connectivity index (χ4n) is 7.40. The molecule has 0 heterocycles. The van der Waals surface area contributed by atoms with E-state index in [1.54, 1.807) is 0 Å². The molecular weight excluding hydrogens is 432 g/mol. The lowest BCUT2D eigenvalue weighted by molar-refractivity contribution is 0.0862. The molecule has 4 aliphatic rings. The molecule has 0 aliphatic heterocycles. The zero-order valence-electron chi connectivity index (χ0n) is 22.3. The molecule has 0 aromatic heterocycles. The number of aliphatic hydroxyl groups excluding tert-OH is 3. The minimum absolute atomic E-state index is 0.00791. The van der Waals surface area contributed by atoms with E-state index in [2.05, 4.69) is 63.8 Å². The van der Waals surface area contributed by atoms with Gasteiger partial charge in [-0.2, -0.15) is 0 Å². The second-order valence-electron chi connectivity index (χ2n) is 12.3. The molecular formula is C32H48O3. The molecule has 3 nitrogen and oxygen atoms in total. The van der Waals surface area contributed by atoms with Gasteiger partial charge in [0.25, 0.3) is 0 Å². The molecule has 4 aliphatic carbocycles. The highest BCUT2D eigenvalue weighted by Crippen LogP contribution is 2.59. The second-order valence-corrected chi connectivity index (χ2v) is 12.3. The summed E-state index contributed by atoms with van der Waals surface area (Å²) >= 11 is 0. The van der Waals surface area contributed by atoms with Gasteiger partial charge >= 0.3 is 0 Å². The van der Waals surface area contributed by atoms with Gasteiger partial charge in [0, 0.05) is 11.8 Å². The summed E-state index contributed by atoms with van der Waals surface area (Å²) in [6.07, 6.45) is 23.4. The Bertz CT molecular complexity index is 888. The Hall–Kier alpha value is -1.42. The van der Waals surface area contributed by atoms with Crippen molar-refractivity contribution in [3.8, 4) is 0 Å². The fraction of sp³-hybridized carbons (Fsp3) is 0.688. The third-order valence-corrected chi connectivity index (χ3v) is 9.86. The van der Waals surface area contributed by atoms with E-state index in [9.17, 15) is 15.3 Å². The molecule has 3 N–H and O–H groups in total. The Morgan fingerprint density at radius 2 is 1.89 bits per heavy atom. The van der Waals surface area contributed by atoms with Crippen LogP contribution in [0.3, 0.4) is 0 Å². The Balaban J connectivity index is 1.44. The molecule has 4 fully saturated rings. The van der Waals surface area contributed by atoms with Gasteiger partial charge in [0.1, 0.15) is 0 Å². The van der Waals surface area contributed by atoms with Crippen LogP contribution in [-0.2, 0) is 0 Å². The van der Waals surface area contributed by atoms with Crippen molar-refractivity contribution in [3.05, 3.63) is 59.8 Å². The van der Waals surface area contributed by atoms with E-state index in [4.69, 9.17) is 0 Å².